The second-order valence-electron chi connectivity index (χ2n) is 3.10. The number of nitrogens with zero attached hydrogens (tertiary/aromatic N) is 1. The summed E-state index contributed by atoms with van der Waals surface area (Å²) in [6.45, 7) is 3.33. The average molecular weight is 297 g/mol. The number of hydrogen-bond acceptors (Lipinski definition) is 3. The molecule has 0 saturated carbocycles. The summed E-state index contributed by atoms with van der Waals surface area (Å²) in [6, 6.07) is 0. The van der Waals surface area contributed by atoms with Crippen molar-refractivity contribution in [2.75, 3.05) is 20.1 Å². The lowest BCUT2D eigenvalue weighted by molar-refractivity contribution is 0.510. The Kier molecular flexibility index (Phi) is 7.93. The van der Waals surface area contributed by atoms with Crippen LogP contribution in [0, 0.1) is 5.21 Å². The minimum Gasteiger partial charge on any atom is -0.785 e. The van der Waals surface area contributed by atoms with Gasteiger partial charge in [0.15, 0.2) is 0 Å². The molecule has 0 bridgehead atoms. The fourth-order valence-corrected chi connectivity index (χ4v) is 1.58. The van der Waals surface area contributed by atoms with E-state index in [9.17, 15) is 5.21 Å². The van der Waals surface area contributed by atoms with E-state index in [0.717, 1.165) is 17.9 Å². The van der Waals surface area contributed by atoms with Crippen molar-refractivity contribution in [3.63, 3.8) is 0 Å². The largest absolute Gasteiger partial charge is 0.785 e. The van der Waals surface area contributed by atoms with Gasteiger partial charge >= 0.3 is 0 Å². The van der Waals surface area contributed by atoms with Crippen molar-refractivity contribution in [1.29, 1.82) is 0 Å². The van der Waals surface area contributed by atoms with E-state index in [0.29, 0.717) is 17.0 Å². The quantitative estimate of drug-likeness (QED) is 0.353. The van der Waals surface area contributed by atoms with Crippen LogP contribution in [-0.4, -0.2) is 29.1 Å². The van der Waals surface area contributed by atoms with Gasteiger partial charge in [0.05, 0.1) is 0 Å². The highest BCUT2D eigenvalue weighted by Crippen LogP contribution is 2.17. The van der Waals surface area contributed by atoms with Crippen molar-refractivity contribution in [2.24, 2.45) is 5.73 Å². The van der Waals surface area contributed by atoms with Crippen molar-refractivity contribution in [1.82, 2.24) is 5.06 Å². The molecule has 78 valence electrons. The van der Waals surface area contributed by atoms with Gasteiger partial charge in [0, 0.05) is 10.5 Å². The van der Waals surface area contributed by atoms with Crippen LogP contribution in [0.5, 0.6) is 0 Å². The molecule has 0 fully saturated rings. The molecule has 0 rings (SSSR count). The highest BCUT2D eigenvalue weighted by molar-refractivity contribution is 14.1. The maximum absolute atomic E-state index is 10.7. The van der Waals surface area contributed by atoms with Crippen molar-refractivity contribution in [3.8, 4) is 0 Å². The number of nitrogens with two attached hydrogens (primary N) is 1. The third-order valence-corrected chi connectivity index (χ3v) is 2.59. The molecule has 13 heavy (non-hydrogen) atoms. The van der Waals surface area contributed by atoms with Crippen LogP contribution in [0.2, 0.25) is 0 Å². The molecule has 0 spiro atoms. The van der Waals surface area contributed by atoms with Gasteiger partial charge in [-0.15, -0.1) is 0 Å². The van der Waals surface area contributed by atoms with Crippen LogP contribution in [0.3, 0.4) is 0 Å². The Labute approximate surface area is 94.1 Å². The van der Waals surface area contributed by atoms with Crippen LogP contribution in [0.25, 0.3) is 0 Å². The number of rotatable bonds is 6. The first-order chi connectivity index (χ1) is 6.07. The first-order valence-corrected chi connectivity index (χ1v) is 5.73. The smallest absolute Gasteiger partial charge is 0.0290 e. The van der Waals surface area contributed by atoms with Gasteiger partial charge in [-0.1, -0.05) is 34.2 Å². The summed E-state index contributed by atoms with van der Waals surface area (Å²) < 4.78 is 0.490. The molecule has 3 nitrogen and oxygen atoms in total. The first kappa shape index (κ1) is 13.4. The molecule has 1 atom stereocenters. The van der Waals surface area contributed by atoms with Crippen LogP contribution < -0.4 is 5.73 Å². The lowest BCUT2D eigenvalue weighted by Gasteiger charge is -2.20. The molecule has 1 unspecified atom stereocenters. The molecular formula is C9H18IN2O-. The highest BCUT2D eigenvalue weighted by Gasteiger charge is 2.03. The summed E-state index contributed by atoms with van der Waals surface area (Å²) >= 11 is 2.36. The molecule has 0 aromatic heterocycles. The van der Waals surface area contributed by atoms with Gasteiger partial charge in [-0.05, 0) is 33.4 Å². The van der Waals surface area contributed by atoms with E-state index >= 15 is 0 Å². The zero-order valence-electron chi connectivity index (χ0n) is 8.29. The normalized spacial score (nSPS) is 15.1. The predicted octanol–water partition coefficient (Wildman–Crippen LogP) is 1.90. The van der Waals surface area contributed by atoms with Crippen molar-refractivity contribution >= 4 is 22.6 Å². The summed E-state index contributed by atoms with van der Waals surface area (Å²) in [5.41, 5.74) is 6.76. The number of allylic oxidation sites excluding steroid dienone is 1. The summed E-state index contributed by atoms with van der Waals surface area (Å²) in [5.74, 6) is 0. The van der Waals surface area contributed by atoms with E-state index in [1.165, 1.54) is 12.6 Å². The Hall–Kier alpha value is 0.350. The summed E-state index contributed by atoms with van der Waals surface area (Å²) in [5, 5.41) is 11.6. The minimum absolute atomic E-state index is 0.479. The molecule has 0 radical (unpaired) electrons. The summed E-state index contributed by atoms with van der Waals surface area (Å²) in [4.78, 5) is 0. The molecule has 4 heteroatoms. The second kappa shape index (κ2) is 7.73. The zero-order valence-corrected chi connectivity index (χ0v) is 10.5. The van der Waals surface area contributed by atoms with Gasteiger partial charge in [-0.2, -0.15) is 0 Å². The van der Waals surface area contributed by atoms with Gasteiger partial charge in [-0.3, -0.25) is 0 Å². The Morgan fingerprint density at radius 1 is 1.69 bits per heavy atom. The molecule has 0 aromatic rings. The molecule has 0 aliphatic rings. The molecule has 0 amide bonds. The number of halogens is 1. The topological polar surface area (TPSA) is 52.3 Å². The standard InChI is InChI=1S/C9H18IN2O/c1-8(10)9(4-3-6-11)5-7-12(2)13/h5,8H,3-4,6-7,11H2,1-2H3/q-1/b9-5+. The summed E-state index contributed by atoms with van der Waals surface area (Å²) in [6.07, 6.45) is 4.02. The van der Waals surface area contributed by atoms with Crippen LogP contribution in [0.15, 0.2) is 11.6 Å². The molecule has 0 aliphatic carbocycles. The van der Waals surface area contributed by atoms with Crippen LogP contribution in [0.4, 0.5) is 0 Å². The van der Waals surface area contributed by atoms with Crippen molar-refractivity contribution < 1.29 is 0 Å². The van der Waals surface area contributed by atoms with Gasteiger partial charge in [0.1, 0.15) is 0 Å². The third kappa shape index (κ3) is 7.42. The third-order valence-electron chi connectivity index (χ3n) is 1.79. The van der Waals surface area contributed by atoms with Crippen LogP contribution >= 0.6 is 22.6 Å². The monoisotopic (exact) mass is 297 g/mol. The lowest BCUT2D eigenvalue weighted by atomic mass is 10.1. The van der Waals surface area contributed by atoms with Crippen molar-refractivity contribution in [2.45, 2.75) is 23.7 Å². The molecular weight excluding hydrogens is 279 g/mol. The highest BCUT2D eigenvalue weighted by atomic mass is 127. The van der Waals surface area contributed by atoms with E-state index in [2.05, 4.69) is 29.5 Å². The van der Waals surface area contributed by atoms with Crippen molar-refractivity contribution in [3.05, 3.63) is 16.9 Å². The molecule has 2 N–H and O–H groups in total. The predicted molar refractivity (Wildman–Crippen MR) is 65.9 cm³/mol. The van der Waals surface area contributed by atoms with Gasteiger partial charge < -0.3 is 16.0 Å². The van der Waals surface area contributed by atoms with Crippen LogP contribution in [-0.2, 0) is 0 Å². The number of alkyl halides is 1. The van der Waals surface area contributed by atoms with Crippen LogP contribution in [0.1, 0.15) is 19.8 Å². The first-order valence-electron chi connectivity index (χ1n) is 4.49. The maximum atomic E-state index is 10.7. The van der Waals surface area contributed by atoms with E-state index in [1.807, 2.05) is 6.08 Å². The Bertz CT molecular complexity index is 158. The summed E-state index contributed by atoms with van der Waals surface area (Å²) in [7, 11) is 1.54. The number of hydrogen-bond donors (Lipinski definition) is 1. The fourth-order valence-electron chi connectivity index (χ4n) is 1.02. The molecule has 0 aliphatic heterocycles. The Balaban J connectivity index is 3.99. The fraction of sp³-hybridized carbons (Fsp3) is 0.778. The van der Waals surface area contributed by atoms with E-state index in [4.69, 9.17) is 5.73 Å². The van der Waals surface area contributed by atoms with E-state index in [-0.39, 0.29) is 0 Å². The van der Waals surface area contributed by atoms with Gasteiger partial charge in [0.25, 0.3) is 0 Å². The maximum Gasteiger partial charge on any atom is 0.0290 e. The molecule has 0 heterocycles. The van der Waals surface area contributed by atoms with E-state index in [1.54, 1.807) is 0 Å². The second-order valence-corrected chi connectivity index (χ2v) is 4.97. The lowest BCUT2D eigenvalue weighted by Crippen LogP contribution is -2.11. The van der Waals surface area contributed by atoms with Gasteiger partial charge in [0.2, 0.25) is 0 Å². The molecule has 0 saturated heterocycles. The van der Waals surface area contributed by atoms with E-state index < -0.39 is 0 Å². The SMILES string of the molecule is CC(I)/C(=C/CN(C)[O-])CCCN. The Morgan fingerprint density at radius 3 is 2.69 bits per heavy atom. The Morgan fingerprint density at radius 2 is 2.31 bits per heavy atom. The zero-order chi connectivity index (χ0) is 10.3. The average Bonchev–Trinajstić information content (AvgIpc) is 2.03. The number of hydroxylamine groups is 2. The minimum atomic E-state index is 0.479. The van der Waals surface area contributed by atoms with Gasteiger partial charge in [-0.25, -0.2) is 0 Å². The molecule has 0 aromatic carbocycles. The number of likely N-dealkylation sites (N-methyl/N-ethyl adjacent to an activating group) is 1.